The van der Waals surface area contributed by atoms with E-state index in [2.05, 4.69) is 5.32 Å². The molecule has 0 spiro atoms. The standard InChI is InChI=1S/C26H21F2N3O6S/c1-29-26(32)24-20-11-19(14-2-3-14)22(12-23(20)37-25(24)15-4-7-17(27)8-5-15)30(38(35)36)13-16-6-9-18(31(33)34)10-21(16)28/h4-12,14H,2-3,13H2,1H3,(H,29,32)(H,35,36). The van der Waals surface area contributed by atoms with Gasteiger partial charge in [0, 0.05) is 35.7 Å². The van der Waals surface area contributed by atoms with Crippen molar-refractivity contribution in [2.24, 2.45) is 0 Å². The molecule has 0 bridgehead atoms. The summed E-state index contributed by atoms with van der Waals surface area (Å²) >= 11 is -2.60. The van der Waals surface area contributed by atoms with Crippen molar-refractivity contribution in [2.45, 2.75) is 25.3 Å². The number of nitrogens with zero attached hydrogens (tertiary/aromatic N) is 2. The Kier molecular flexibility index (Phi) is 6.67. The summed E-state index contributed by atoms with van der Waals surface area (Å²) in [5.41, 5.74) is 1.47. The van der Waals surface area contributed by atoms with Crippen LogP contribution in [0.5, 0.6) is 0 Å². The number of nitro benzene ring substituents is 1. The van der Waals surface area contributed by atoms with E-state index >= 15 is 0 Å². The quantitative estimate of drug-likeness (QED) is 0.168. The van der Waals surface area contributed by atoms with Gasteiger partial charge in [-0.1, -0.05) is 0 Å². The van der Waals surface area contributed by atoms with Gasteiger partial charge in [-0.15, -0.1) is 0 Å². The van der Waals surface area contributed by atoms with E-state index in [1.54, 1.807) is 6.07 Å². The Morgan fingerprint density at radius 2 is 1.89 bits per heavy atom. The minimum Gasteiger partial charge on any atom is -0.455 e. The molecule has 1 heterocycles. The maximum absolute atomic E-state index is 14.7. The van der Waals surface area contributed by atoms with Crippen LogP contribution in [-0.2, 0) is 17.8 Å². The van der Waals surface area contributed by atoms with Crippen molar-refractivity contribution < 1.29 is 31.7 Å². The van der Waals surface area contributed by atoms with E-state index in [0.717, 1.165) is 29.3 Å². The van der Waals surface area contributed by atoms with Gasteiger partial charge in [-0.3, -0.25) is 23.8 Å². The lowest BCUT2D eigenvalue weighted by molar-refractivity contribution is -0.385. The van der Waals surface area contributed by atoms with Crippen LogP contribution < -0.4 is 9.62 Å². The van der Waals surface area contributed by atoms with Gasteiger partial charge in [-0.2, -0.15) is 0 Å². The van der Waals surface area contributed by atoms with Gasteiger partial charge < -0.3 is 9.73 Å². The van der Waals surface area contributed by atoms with E-state index in [-0.39, 0.29) is 34.9 Å². The summed E-state index contributed by atoms with van der Waals surface area (Å²) in [7, 11) is 1.47. The molecule has 38 heavy (non-hydrogen) atoms. The number of hydrogen-bond donors (Lipinski definition) is 2. The van der Waals surface area contributed by atoms with Crippen LogP contribution >= 0.6 is 0 Å². The number of rotatable bonds is 8. The van der Waals surface area contributed by atoms with Crippen LogP contribution in [0.1, 0.15) is 40.2 Å². The fourth-order valence-electron chi connectivity index (χ4n) is 4.40. The normalized spacial score (nSPS) is 13.9. The fraction of sp³-hybridized carbons (Fsp3) is 0.192. The highest BCUT2D eigenvalue weighted by Crippen LogP contribution is 2.48. The SMILES string of the molecule is CNC(=O)c1c(-c2ccc(F)cc2)oc2cc(N(Cc3ccc([N+](=O)[O-])cc3F)S(=O)O)c(C3CC3)cc12. The van der Waals surface area contributed by atoms with Crippen LogP contribution in [0, 0.1) is 21.7 Å². The average Bonchev–Trinajstić information content (AvgIpc) is 3.67. The predicted molar refractivity (Wildman–Crippen MR) is 137 cm³/mol. The Labute approximate surface area is 217 Å². The summed E-state index contributed by atoms with van der Waals surface area (Å²) in [6.45, 7) is -0.355. The van der Waals surface area contributed by atoms with Gasteiger partial charge in [-0.05, 0) is 60.7 Å². The summed E-state index contributed by atoms with van der Waals surface area (Å²) in [5, 5.41) is 14.0. The zero-order chi connectivity index (χ0) is 27.1. The molecule has 3 aromatic carbocycles. The molecule has 1 aliphatic rings. The van der Waals surface area contributed by atoms with Crippen molar-refractivity contribution in [2.75, 3.05) is 11.4 Å². The molecule has 1 unspecified atom stereocenters. The third-order valence-electron chi connectivity index (χ3n) is 6.43. The Morgan fingerprint density at radius 1 is 1.18 bits per heavy atom. The van der Waals surface area contributed by atoms with Crippen molar-refractivity contribution in [3.8, 4) is 11.3 Å². The zero-order valence-corrected chi connectivity index (χ0v) is 20.8. The van der Waals surface area contributed by atoms with Crippen molar-refractivity contribution >= 4 is 39.5 Å². The molecular weight excluding hydrogens is 520 g/mol. The first-order valence-corrected chi connectivity index (χ1v) is 12.6. The number of halogens is 2. The van der Waals surface area contributed by atoms with E-state index in [9.17, 15) is 32.5 Å². The van der Waals surface area contributed by atoms with Crippen LogP contribution in [0.25, 0.3) is 22.3 Å². The molecule has 0 aliphatic heterocycles. The number of hydrogen-bond acceptors (Lipinski definition) is 5. The molecule has 1 atom stereocenters. The maximum atomic E-state index is 14.7. The molecule has 4 aromatic rings. The van der Waals surface area contributed by atoms with Crippen LogP contribution in [0.15, 0.2) is 59.0 Å². The molecule has 1 aliphatic carbocycles. The molecule has 12 heteroatoms. The van der Waals surface area contributed by atoms with Gasteiger partial charge in [0.05, 0.1) is 28.8 Å². The molecule has 1 aromatic heterocycles. The van der Waals surface area contributed by atoms with Crippen LogP contribution in [0.4, 0.5) is 20.2 Å². The summed E-state index contributed by atoms with van der Waals surface area (Å²) in [6.07, 6.45) is 1.63. The van der Waals surface area contributed by atoms with E-state index in [1.807, 2.05) is 0 Å². The third-order valence-corrected chi connectivity index (χ3v) is 7.14. The van der Waals surface area contributed by atoms with Gasteiger partial charge in [0.25, 0.3) is 22.9 Å². The molecular formula is C26H21F2N3O6S. The minimum absolute atomic E-state index is 0.0164. The number of anilines is 1. The van der Waals surface area contributed by atoms with Crippen molar-refractivity contribution in [3.63, 3.8) is 0 Å². The number of carbonyl (C=O) groups is 1. The van der Waals surface area contributed by atoms with E-state index in [1.165, 1.54) is 43.4 Å². The molecule has 196 valence electrons. The van der Waals surface area contributed by atoms with Crippen molar-refractivity contribution in [1.29, 1.82) is 0 Å². The predicted octanol–water partition coefficient (Wildman–Crippen LogP) is 5.67. The lowest BCUT2D eigenvalue weighted by Crippen LogP contribution is -2.26. The van der Waals surface area contributed by atoms with Crippen molar-refractivity contribution in [1.82, 2.24) is 5.32 Å². The van der Waals surface area contributed by atoms with E-state index < -0.39 is 39.4 Å². The van der Waals surface area contributed by atoms with E-state index in [0.29, 0.717) is 22.2 Å². The summed E-state index contributed by atoms with van der Waals surface area (Å²) in [5.74, 6) is -1.51. The first kappa shape index (κ1) is 25.5. The van der Waals surface area contributed by atoms with Gasteiger partial charge in [0.15, 0.2) is 0 Å². The topological polar surface area (TPSA) is 126 Å². The number of nitrogens with one attached hydrogen (secondary N) is 1. The van der Waals surface area contributed by atoms with Crippen LogP contribution in [-0.4, -0.2) is 26.6 Å². The average molecular weight is 542 g/mol. The Hall–Kier alpha value is -4.16. The van der Waals surface area contributed by atoms with E-state index in [4.69, 9.17) is 4.42 Å². The highest BCUT2D eigenvalue weighted by molar-refractivity contribution is 7.80. The molecule has 0 saturated heterocycles. The van der Waals surface area contributed by atoms with Gasteiger partial charge >= 0.3 is 0 Å². The highest BCUT2D eigenvalue weighted by Gasteiger charge is 2.32. The van der Waals surface area contributed by atoms with Gasteiger partial charge in [0.2, 0.25) is 0 Å². The summed E-state index contributed by atoms with van der Waals surface area (Å²) in [4.78, 5) is 23.1. The molecule has 2 N–H and O–H groups in total. The smallest absolute Gasteiger partial charge is 0.272 e. The Morgan fingerprint density at radius 3 is 2.47 bits per heavy atom. The number of furan rings is 1. The first-order valence-electron chi connectivity index (χ1n) is 11.6. The lowest BCUT2D eigenvalue weighted by atomic mass is 10.00. The summed E-state index contributed by atoms with van der Waals surface area (Å²) < 4.78 is 58.0. The van der Waals surface area contributed by atoms with Crippen LogP contribution in [0.2, 0.25) is 0 Å². The number of non-ortho nitro benzene ring substituents is 1. The second-order valence-corrected chi connectivity index (χ2v) is 9.78. The lowest BCUT2D eigenvalue weighted by Gasteiger charge is -2.23. The number of nitro groups is 1. The molecule has 1 fully saturated rings. The molecule has 5 rings (SSSR count). The largest absolute Gasteiger partial charge is 0.455 e. The molecule has 1 saturated carbocycles. The highest BCUT2D eigenvalue weighted by atomic mass is 32.2. The number of benzene rings is 3. The Bertz CT molecular complexity index is 1600. The molecule has 0 radical (unpaired) electrons. The second kappa shape index (κ2) is 9.95. The molecule has 9 nitrogen and oxygen atoms in total. The maximum Gasteiger partial charge on any atom is 0.272 e. The Balaban J connectivity index is 1.66. The minimum atomic E-state index is -2.60. The third kappa shape index (κ3) is 4.75. The first-order chi connectivity index (χ1) is 18.2. The summed E-state index contributed by atoms with van der Waals surface area (Å²) in [6, 6.07) is 11.8. The monoisotopic (exact) mass is 541 g/mol. The zero-order valence-electron chi connectivity index (χ0n) is 19.9. The van der Waals surface area contributed by atoms with Gasteiger partial charge in [-0.25, -0.2) is 13.0 Å². The number of fused-ring (bicyclic) bond motifs is 1. The van der Waals surface area contributed by atoms with Crippen molar-refractivity contribution in [3.05, 3.63) is 93.0 Å². The second-order valence-electron chi connectivity index (χ2n) is 8.87. The number of carbonyl (C=O) groups excluding carboxylic acids is 1. The van der Waals surface area contributed by atoms with Gasteiger partial charge in [0.1, 0.15) is 23.0 Å². The van der Waals surface area contributed by atoms with Crippen LogP contribution in [0.3, 0.4) is 0 Å². The fourth-order valence-corrected chi connectivity index (χ4v) is 4.97. The number of amides is 1. The molecule has 1 amide bonds.